The van der Waals surface area contributed by atoms with Crippen molar-refractivity contribution in [3.05, 3.63) is 41.3 Å². The highest BCUT2D eigenvalue weighted by atomic mass is 19.1. The Hall–Kier alpha value is -2.01. The standard InChI is InChI=1S/C17H17FN2O2/c1-10-13(6-11-2-3-12(18)7-14(11)19-10)16(22)20-8-15(21)17(9-20)4-5-17/h2-3,6-7,15,21H,4-5,8-9H2,1H3. The lowest BCUT2D eigenvalue weighted by molar-refractivity contribution is 0.0763. The van der Waals surface area contributed by atoms with Crippen LogP contribution in [0.3, 0.4) is 0 Å². The highest BCUT2D eigenvalue weighted by molar-refractivity contribution is 5.98. The lowest BCUT2D eigenvalue weighted by atomic mass is 10.0. The molecule has 1 aromatic carbocycles. The molecule has 0 radical (unpaired) electrons. The summed E-state index contributed by atoms with van der Waals surface area (Å²) in [5, 5.41) is 10.9. The molecule has 1 spiro atoms. The van der Waals surface area contributed by atoms with Gasteiger partial charge in [-0.2, -0.15) is 0 Å². The fourth-order valence-electron chi connectivity index (χ4n) is 3.38. The summed E-state index contributed by atoms with van der Waals surface area (Å²) in [5.74, 6) is -0.434. The van der Waals surface area contributed by atoms with Gasteiger partial charge in [-0.05, 0) is 38.0 Å². The molecule has 2 aromatic rings. The van der Waals surface area contributed by atoms with Gasteiger partial charge in [0.2, 0.25) is 0 Å². The van der Waals surface area contributed by atoms with Crippen LogP contribution in [-0.2, 0) is 0 Å². The maximum absolute atomic E-state index is 13.3. The first-order chi connectivity index (χ1) is 10.5. The number of hydrogen-bond acceptors (Lipinski definition) is 3. The number of rotatable bonds is 1. The smallest absolute Gasteiger partial charge is 0.255 e. The van der Waals surface area contributed by atoms with E-state index in [0.717, 1.165) is 18.2 Å². The van der Waals surface area contributed by atoms with Gasteiger partial charge in [0.25, 0.3) is 5.91 Å². The van der Waals surface area contributed by atoms with Crippen LogP contribution < -0.4 is 0 Å². The van der Waals surface area contributed by atoms with E-state index < -0.39 is 6.10 Å². The third kappa shape index (κ3) is 2.00. The Morgan fingerprint density at radius 3 is 2.86 bits per heavy atom. The zero-order valence-electron chi connectivity index (χ0n) is 12.3. The van der Waals surface area contributed by atoms with E-state index in [1.807, 2.05) is 0 Å². The van der Waals surface area contributed by atoms with Gasteiger partial charge in [0.1, 0.15) is 5.82 Å². The van der Waals surface area contributed by atoms with Crippen molar-refractivity contribution in [1.82, 2.24) is 9.88 Å². The summed E-state index contributed by atoms with van der Waals surface area (Å²) in [4.78, 5) is 18.8. The summed E-state index contributed by atoms with van der Waals surface area (Å²) >= 11 is 0. The number of aliphatic hydroxyl groups excluding tert-OH is 1. The molecule has 1 atom stereocenters. The molecule has 1 aliphatic carbocycles. The molecule has 2 heterocycles. The summed E-state index contributed by atoms with van der Waals surface area (Å²) < 4.78 is 13.3. The summed E-state index contributed by atoms with van der Waals surface area (Å²) in [6.07, 6.45) is 1.57. The van der Waals surface area contributed by atoms with Crippen molar-refractivity contribution in [1.29, 1.82) is 0 Å². The van der Waals surface area contributed by atoms with E-state index in [1.54, 1.807) is 24.0 Å². The van der Waals surface area contributed by atoms with Gasteiger partial charge >= 0.3 is 0 Å². The van der Waals surface area contributed by atoms with E-state index in [1.165, 1.54) is 12.1 Å². The Morgan fingerprint density at radius 2 is 2.18 bits per heavy atom. The van der Waals surface area contributed by atoms with Crippen LogP contribution in [0.1, 0.15) is 28.9 Å². The first-order valence-electron chi connectivity index (χ1n) is 7.53. The first kappa shape index (κ1) is 13.6. The number of benzene rings is 1. The van der Waals surface area contributed by atoms with Gasteiger partial charge in [-0.15, -0.1) is 0 Å². The highest BCUT2D eigenvalue weighted by Crippen LogP contribution is 2.52. The molecule has 2 aliphatic rings. The number of aryl methyl sites for hydroxylation is 1. The predicted octanol–water partition coefficient (Wildman–Crippen LogP) is 2.28. The molecule has 22 heavy (non-hydrogen) atoms. The van der Waals surface area contributed by atoms with E-state index in [4.69, 9.17) is 0 Å². The summed E-state index contributed by atoms with van der Waals surface area (Å²) in [6.45, 7) is 2.77. The molecule has 1 unspecified atom stereocenters. The maximum atomic E-state index is 13.3. The lowest BCUT2D eigenvalue weighted by Crippen LogP contribution is -2.30. The Morgan fingerprint density at radius 1 is 1.41 bits per heavy atom. The third-order valence-electron chi connectivity index (χ3n) is 4.99. The molecule has 1 aliphatic heterocycles. The minimum atomic E-state index is -0.417. The van der Waals surface area contributed by atoms with Crippen molar-refractivity contribution in [2.24, 2.45) is 5.41 Å². The highest BCUT2D eigenvalue weighted by Gasteiger charge is 2.55. The number of halogens is 1. The molecule has 5 heteroatoms. The van der Waals surface area contributed by atoms with Crippen LogP contribution in [0.5, 0.6) is 0 Å². The molecule has 1 saturated carbocycles. The van der Waals surface area contributed by atoms with Crippen LogP contribution in [0.15, 0.2) is 24.3 Å². The molecular formula is C17H17FN2O2. The lowest BCUT2D eigenvalue weighted by Gasteiger charge is -2.17. The number of aliphatic hydroxyl groups is 1. The van der Waals surface area contributed by atoms with Crippen LogP contribution in [0, 0.1) is 18.2 Å². The normalized spacial score (nSPS) is 22.5. The molecule has 1 saturated heterocycles. The predicted molar refractivity (Wildman–Crippen MR) is 80.0 cm³/mol. The van der Waals surface area contributed by atoms with E-state index in [2.05, 4.69) is 4.98 Å². The van der Waals surface area contributed by atoms with Crippen molar-refractivity contribution >= 4 is 16.8 Å². The van der Waals surface area contributed by atoms with Crippen molar-refractivity contribution in [3.63, 3.8) is 0 Å². The van der Waals surface area contributed by atoms with Crippen molar-refractivity contribution in [3.8, 4) is 0 Å². The van der Waals surface area contributed by atoms with Gasteiger partial charge in [0, 0.05) is 30.0 Å². The van der Waals surface area contributed by atoms with Gasteiger partial charge in [0.15, 0.2) is 0 Å². The minimum Gasteiger partial charge on any atom is -0.391 e. The van der Waals surface area contributed by atoms with Crippen molar-refractivity contribution < 1.29 is 14.3 Å². The molecular weight excluding hydrogens is 283 g/mol. The number of fused-ring (bicyclic) bond motifs is 1. The van der Waals surface area contributed by atoms with E-state index in [-0.39, 0.29) is 17.1 Å². The summed E-state index contributed by atoms with van der Waals surface area (Å²) in [7, 11) is 0. The van der Waals surface area contributed by atoms with Crippen LogP contribution in [0.2, 0.25) is 0 Å². The number of likely N-dealkylation sites (tertiary alicyclic amines) is 1. The number of carbonyl (C=O) groups excluding carboxylic acids is 1. The SMILES string of the molecule is Cc1nc2cc(F)ccc2cc1C(=O)N1CC(O)C2(CC2)C1. The number of aromatic nitrogens is 1. The molecule has 0 bridgehead atoms. The van der Waals surface area contributed by atoms with Gasteiger partial charge in [-0.25, -0.2) is 4.39 Å². The molecule has 1 N–H and O–H groups in total. The van der Waals surface area contributed by atoms with Gasteiger partial charge in [-0.1, -0.05) is 0 Å². The average Bonchev–Trinajstić information content (AvgIpc) is 3.18. The molecule has 4 nitrogen and oxygen atoms in total. The van der Waals surface area contributed by atoms with Crippen LogP contribution in [0.4, 0.5) is 4.39 Å². The summed E-state index contributed by atoms with van der Waals surface area (Å²) in [6, 6.07) is 6.14. The fraction of sp³-hybridized carbons (Fsp3) is 0.412. The average molecular weight is 300 g/mol. The van der Waals surface area contributed by atoms with Gasteiger partial charge in [0.05, 0.1) is 22.9 Å². The van der Waals surface area contributed by atoms with Crippen LogP contribution >= 0.6 is 0 Å². The van der Waals surface area contributed by atoms with E-state index in [0.29, 0.717) is 29.9 Å². The molecule has 2 fully saturated rings. The van der Waals surface area contributed by atoms with Gasteiger partial charge in [-0.3, -0.25) is 9.78 Å². The van der Waals surface area contributed by atoms with Crippen LogP contribution in [0.25, 0.3) is 10.9 Å². The zero-order chi connectivity index (χ0) is 15.5. The molecule has 1 amide bonds. The number of pyridine rings is 1. The molecule has 114 valence electrons. The summed E-state index contributed by atoms with van der Waals surface area (Å²) in [5.41, 5.74) is 1.62. The zero-order valence-corrected chi connectivity index (χ0v) is 12.3. The minimum absolute atomic E-state index is 0.0586. The van der Waals surface area contributed by atoms with E-state index >= 15 is 0 Å². The number of hydrogen-bond donors (Lipinski definition) is 1. The van der Waals surface area contributed by atoms with Crippen molar-refractivity contribution in [2.45, 2.75) is 25.9 Å². The van der Waals surface area contributed by atoms with E-state index in [9.17, 15) is 14.3 Å². The Bertz CT molecular complexity index is 786. The van der Waals surface area contributed by atoms with Crippen molar-refractivity contribution in [2.75, 3.05) is 13.1 Å². The largest absolute Gasteiger partial charge is 0.391 e. The number of nitrogens with zero attached hydrogens (tertiary/aromatic N) is 2. The second kappa shape index (κ2) is 4.49. The molecule has 4 rings (SSSR count). The second-order valence-electron chi connectivity index (χ2n) is 6.52. The van der Waals surface area contributed by atoms with Gasteiger partial charge < -0.3 is 10.0 Å². The Labute approximate surface area is 127 Å². The van der Waals surface area contributed by atoms with Crippen LogP contribution in [-0.4, -0.2) is 40.1 Å². The Kier molecular flexibility index (Phi) is 2.78. The Balaban J connectivity index is 1.70. The monoisotopic (exact) mass is 300 g/mol. The molecule has 1 aromatic heterocycles. The second-order valence-corrected chi connectivity index (χ2v) is 6.52. The fourth-order valence-corrected chi connectivity index (χ4v) is 3.38. The number of amides is 1. The first-order valence-corrected chi connectivity index (χ1v) is 7.53. The quantitative estimate of drug-likeness (QED) is 0.879. The number of β-amino-alcohol motifs (C(OH)–C–C–N with tert-alkyl or cyclic N) is 1. The maximum Gasteiger partial charge on any atom is 0.255 e. The number of carbonyl (C=O) groups is 1. The third-order valence-corrected chi connectivity index (χ3v) is 4.99. The topological polar surface area (TPSA) is 53.4 Å².